The first-order chi connectivity index (χ1) is 23.2. The summed E-state index contributed by atoms with van der Waals surface area (Å²) in [5, 5.41) is 3.95. The van der Waals surface area contributed by atoms with E-state index >= 15 is 0 Å². The zero-order valence-corrected chi connectivity index (χ0v) is 25.8. The number of benzene rings is 4. The number of rotatable bonds is 0. The van der Waals surface area contributed by atoms with Crippen molar-refractivity contribution in [2.45, 2.75) is 20.3 Å². The summed E-state index contributed by atoms with van der Waals surface area (Å²) in [5.74, 6) is 0. The molecule has 0 saturated heterocycles. The van der Waals surface area contributed by atoms with Crippen molar-refractivity contribution in [1.29, 1.82) is 0 Å². The summed E-state index contributed by atoms with van der Waals surface area (Å²) < 4.78 is 0. The van der Waals surface area contributed by atoms with Crippen molar-refractivity contribution < 1.29 is 0 Å². The van der Waals surface area contributed by atoms with E-state index in [1.54, 1.807) is 24.8 Å². The Bertz CT molecular complexity index is 2380. The first kappa shape index (κ1) is 28.2. The van der Waals surface area contributed by atoms with Crippen LogP contribution in [0.5, 0.6) is 0 Å². The van der Waals surface area contributed by atoms with E-state index in [4.69, 9.17) is 19.9 Å². The maximum Gasteiger partial charge on any atom is 0.0996 e. The summed E-state index contributed by atoms with van der Waals surface area (Å²) in [6.07, 6.45) is 8.40. The van der Waals surface area contributed by atoms with Crippen molar-refractivity contribution in [2.75, 3.05) is 0 Å². The number of hydrogen-bond donors (Lipinski definition) is 0. The molecule has 47 heavy (non-hydrogen) atoms. The Morgan fingerprint density at radius 1 is 0.319 bits per heavy atom. The second kappa shape index (κ2) is 11.9. The minimum atomic E-state index is 0.871. The minimum absolute atomic E-state index is 0.871. The van der Waals surface area contributed by atoms with Crippen LogP contribution in [0.1, 0.15) is 20.3 Å². The molecule has 0 N–H and O–H groups in total. The molecule has 0 amide bonds. The van der Waals surface area contributed by atoms with Crippen molar-refractivity contribution in [1.82, 2.24) is 39.9 Å². The molecular formula is C39H28N8. The van der Waals surface area contributed by atoms with Crippen LogP contribution in [-0.4, -0.2) is 39.9 Å². The quantitative estimate of drug-likeness (QED) is 0.124. The number of para-hydroxylation sites is 4. The van der Waals surface area contributed by atoms with E-state index in [0.717, 1.165) is 87.7 Å². The van der Waals surface area contributed by atoms with Gasteiger partial charge >= 0.3 is 0 Å². The number of nitrogens with zero attached hydrogens (tertiary/aromatic N) is 8. The average Bonchev–Trinajstić information content (AvgIpc) is 3.14. The van der Waals surface area contributed by atoms with Gasteiger partial charge in [-0.25, -0.2) is 19.9 Å². The van der Waals surface area contributed by atoms with Crippen molar-refractivity contribution in [2.24, 2.45) is 0 Å². The van der Waals surface area contributed by atoms with E-state index in [9.17, 15) is 0 Å². The first-order valence-corrected chi connectivity index (χ1v) is 15.6. The summed E-state index contributed by atoms with van der Waals surface area (Å²) in [6.45, 7) is 4.25. The summed E-state index contributed by atoms with van der Waals surface area (Å²) in [7, 11) is 0. The standard InChI is InChI=1S/2C18H10N4.C3H8/c2*1-2-8-14-13(7-1)21-17-11-5-3-9-19-15(11)16-12(18(17)22-14)6-4-10-20-16;1-3-2/h2*1-10H;3H2,1-2H3. The molecule has 0 unspecified atom stereocenters. The molecule has 0 fully saturated rings. The zero-order valence-electron chi connectivity index (χ0n) is 25.8. The molecule has 224 valence electrons. The Labute approximate surface area is 269 Å². The normalized spacial score (nSPS) is 11.3. The second-order valence-corrected chi connectivity index (χ2v) is 11.1. The fraction of sp³-hybridized carbons (Fsp3) is 0.0769. The average molecular weight is 609 g/mol. The highest BCUT2D eigenvalue weighted by Gasteiger charge is 2.14. The topological polar surface area (TPSA) is 103 Å². The predicted octanol–water partition coefficient (Wildman–Crippen LogP) is 9.18. The monoisotopic (exact) mass is 608 g/mol. The molecule has 10 rings (SSSR count). The van der Waals surface area contributed by atoms with E-state index < -0.39 is 0 Å². The van der Waals surface area contributed by atoms with Crippen LogP contribution in [0.25, 0.3) is 87.7 Å². The van der Waals surface area contributed by atoms with Crippen LogP contribution in [0.4, 0.5) is 0 Å². The zero-order chi connectivity index (χ0) is 31.7. The molecule has 8 nitrogen and oxygen atoms in total. The molecule has 6 aromatic heterocycles. The van der Waals surface area contributed by atoms with Gasteiger partial charge in [-0.15, -0.1) is 0 Å². The van der Waals surface area contributed by atoms with Gasteiger partial charge in [-0.3, -0.25) is 19.9 Å². The van der Waals surface area contributed by atoms with Crippen LogP contribution in [0.3, 0.4) is 0 Å². The third-order valence-corrected chi connectivity index (χ3v) is 7.84. The van der Waals surface area contributed by atoms with Crippen LogP contribution < -0.4 is 0 Å². The lowest BCUT2D eigenvalue weighted by molar-refractivity contribution is 1.09. The van der Waals surface area contributed by atoms with Gasteiger partial charge in [0.2, 0.25) is 0 Å². The Hall–Kier alpha value is -6.28. The Morgan fingerprint density at radius 2 is 0.553 bits per heavy atom. The summed E-state index contributed by atoms with van der Waals surface area (Å²) in [5.41, 5.74) is 10.6. The van der Waals surface area contributed by atoms with Gasteiger partial charge in [0.15, 0.2) is 0 Å². The van der Waals surface area contributed by atoms with Gasteiger partial charge in [0.25, 0.3) is 0 Å². The molecule has 0 aliphatic carbocycles. The molecule has 0 saturated carbocycles. The van der Waals surface area contributed by atoms with Gasteiger partial charge in [0, 0.05) is 46.3 Å². The molecule has 0 radical (unpaired) electrons. The van der Waals surface area contributed by atoms with Crippen LogP contribution in [-0.2, 0) is 0 Å². The Kier molecular flexibility index (Phi) is 7.15. The first-order valence-electron chi connectivity index (χ1n) is 15.6. The van der Waals surface area contributed by atoms with Gasteiger partial charge in [-0.2, -0.15) is 0 Å². The number of fused-ring (bicyclic) bond motifs is 14. The lowest BCUT2D eigenvalue weighted by Gasteiger charge is -2.08. The van der Waals surface area contributed by atoms with Crippen molar-refractivity contribution in [3.8, 4) is 0 Å². The molecule has 0 aliphatic heterocycles. The molecule has 0 aliphatic rings. The molecule has 0 spiro atoms. The smallest absolute Gasteiger partial charge is 0.0996 e. The third kappa shape index (κ3) is 4.87. The van der Waals surface area contributed by atoms with Gasteiger partial charge in [0.05, 0.1) is 66.2 Å². The summed E-state index contributed by atoms with van der Waals surface area (Å²) in [6, 6.07) is 31.7. The van der Waals surface area contributed by atoms with E-state index in [1.807, 2.05) is 97.1 Å². The predicted molar refractivity (Wildman–Crippen MR) is 191 cm³/mol. The molecule has 10 aromatic rings. The molecule has 6 heterocycles. The van der Waals surface area contributed by atoms with Crippen molar-refractivity contribution >= 4 is 87.7 Å². The molecular weight excluding hydrogens is 580 g/mol. The van der Waals surface area contributed by atoms with Crippen LogP contribution in [0, 0.1) is 0 Å². The van der Waals surface area contributed by atoms with Crippen LogP contribution in [0.15, 0.2) is 122 Å². The number of hydrogen-bond acceptors (Lipinski definition) is 8. The van der Waals surface area contributed by atoms with Crippen molar-refractivity contribution in [3.05, 3.63) is 122 Å². The Morgan fingerprint density at radius 3 is 0.787 bits per heavy atom. The second-order valence-electron chi connectivity index (χ2n) is 11.1. The van der Waals surface area contributed by atoms with Gasteiger partial charge in [-0.05, 0) is 72.8 Å². The molecule has 0 atom stereocenters. The number of aromatic nitrogens is 8. The van der Waals surface area contributed by atoms with E-state index in [-0.39, 0.29) is 0 Å². The van der Waals surface area contributed by atoms with Gasteiger partial charge < -0.3 is 0 Å². The lowest BCUT2D eigenvalue weighted by Crippen LogP contribution is -1.93. The highest BCUT2D eigenvalue weighted by Crippen LogP contribution is 2.33. The summed E-state index contributed by atoms with van der Waals surface area (Å²) >= 11 is 0. The number of pyridine rings is 4. The van der Waals surface area contributed by atoms with E-state index in [1.165, 1.54) is 6.42 Å². The Balaban J connectivity index is 0.000000128. The van der Waals surface area contributed by atoms with Crippen molar-refractivity contribution in [3.63, 3.8) is 0 Å². The van der Waals surface area contributed by atoms with Crippen LogP contribution in [0.2, 0.25) is 0 Å². The van der Waals surface area contributed by atoms with E-state index in [0.29, 0.717) is 0 Å². The fourth-order valence-electron chi connectivity index (χ4n) is 5.89. The lowest BCUT2D eigenvalue weighted by atomic mass is 10.1. The summed E-state index contributed by atoms with van der Waals surface area (Å²) in [4.78, 5) is 37.3. The molecule has 0 bridgehead atoms. The fourth-order valence-corrected chi connectivity index (χ4v) is 5.89. The highest BCUT2D eigenvalue weighted by atomic mass is 14.8. The molecule has 8 heteroatoms. The molecule has 4 aromatic carbocycles. The van der Waals surface area contributed by atoms with E-state index in [2.05, 4.69) is 33.8 Å². The maximum atomic E-state index is 4.83. The van der Waals surface area contributed by atoms with Gasteiger partial charge in [-0.1, -0.05) is 44.5 Å². The SMILES string of the molecule is CCC.c1ccc2nc3c4cccnc4c4ncccc4c3nc2c1.c1ccc2nc3c4cccnc4c4ncccc4c3nc2c1. The minimum Gasteiger partial charge on any atom is -0.254 e. The maximum absolute atomic E-state index is 4.83. The van der Waals surface area contributed by atoms with Gasteiger partial charge in [0.1, 0.15) is 0 Å². The van der Waals surface area contributed by atoms with Crippen LogP contribution >= 0.6 is 0 Å². The largest absolute Gasteiger partial charge is 0.254 e. The third-order valence-electron chi connectivity index (χ3n) is 7.84. The highest BCUT2D eigenvalue weighted by molar-refractivity contribution is 6.22.